The van der Waals surface area contributed by atoms with Crippen LogP contribution in [0.25, 0.3) is 10.2 Å². The number of amides is 1. The Labute approximate surface area is 177 Å². The van der Waals surface area contributed by atoms with Gasteiger partial charge in [0.15, 0.2) is 5.13 Å². The van der Waals surface area contributed by atoms with Crippen LogP contribution in [0.5, 0.6) is 0 Å². The zero-order chi connectivity index (χ0) is 18.6. The Morgan fingerprint density at radius 2 is 2.11 bits per heavy atom. The number of halogens is 2. The van der Waals surface area contributed by atoms with Crippen LogP contribution in [-0.4, -0.2) is 60.3 Å². The third-order valence-corrected chi connectivity index (χ3v) is 5.79. The summed E-state index contributed by atoms with van der Waals surface area (Å²) >= 11 is 7.70. The van der Waals surface area contributed by atoms with E-state index in [0.29, 0.717) is 22.2 Å². The number of rotatable bonds is 6. The van der Waals surface area contributed by atoms with Gasteiger partial charge in [-0.05, 0) is 18.6 Å². The van der Waals surface area contributed by atoms with Gasteiger partial charge in [-0.15, -0.1) is 12.4 Å². The van der Waals surface area contributed by atoms with E-state index in [1.807, 2.05) is 12.1 Å². The highest BCUT2D eigenvalue weighted by Crippen LogP contribution is 2.33. The highest BCUT2D eigenvalue weighted by atomic mass is 35.5. The summed E-state index contributed by atoms with van der Waals surface area (Å²) in [5.41, 5.74) is 0.711. The minimum absolute atomic E-state index is 0. The van der Waals surface area contributed by atoms with Gasteiger partial charge in [0, 0.05) is 32.2 Å². The zero-order valence-corrected chi connectivity index (χ0v) is 17.4. The molecule has 1 amide bonds. The second-order valence-corrected chi connectivity index (χ2v) is 7.64. The van der Waals surface area contributed by atoms with Gasteiger partial charge in [0.1, 0.15) is 5.52 Å². The SMILES string of the molecule is Cl.O=C(c1ccno1)N(CCCN1CCOCC1)c1nc2c(Cl)cccc2s1. The van der Waals surface area contributed by atoms with Gasteiger partial charge < -0.3 is 9.26 Å². The summed E-state index contributed by atoms with van der Waals surface area (Å²) in [4.78, 5) is 21.5. The molecule has 4 rings (SSSR count). The summed E-state index contributed by atoms with van der Waals surface area (Å²) in [5, 5.41) is 4.84. The number of carbonyl (C=O) groups is 1. The number of thiazole rings is 1. The Morgan fingerprint density at radius 1 is 1.29 bits per heavy atom. The van der Waals surface area contributed by atoms with Gasteiger partial charge in [-0.1, -0.05) is 34.2 Å². The largest absolute Gasteiger partial charge is 0.379 e. The van der Waals surface area contributed by atoms with E-state index in [0.717, 1.165) is 44.0 Å². The smallest absolute Gasteiger partial charge is 0.298 e. The minimum Gasteiger partial charge on any atom is -0.379 e. The average Bonchev–Trinajstić information content (AvgIpc) is 3.36. The van der Waals surface area contributed by atoms with E-state index >= 15 is 0 Å². The predicted molar refractivity (Wildman–Crippen MR) is 112 cm³/mol. The third-order valence-electron chi connectivity index (χ3n) is 4.44. The number of hydrogen-bond donors (Lipinski definition) is 0. The van der Waals surface area contributed by atoms with E-state index in [4.69, 9.17) is 20.9 Å². The number of aromatic nitrogens is 2. The van der Waals surface area contributed by atoms with Crippen molar-refractivity contribution in [2.24, 2.45) is 0 Å². The number of morpholine rings is 1. The molecule has 0 unspecified atom stereocenters. The van der Waals surface area contributed by atoms with Gasteiger partial charge in [0.2, 0.25) is 5.76 Å². The first kappa shape index (κ1) is 21.0. The van der Waals surface area contributed by atoms with Crippen molar-refractivity contribution in [3.8, 4) is 0 Å². The van der Waals surface area contributed by atoms with Crippen LogP contribution in [0, 0.1) is 0 Å². The Hall–Kier alpha value is -1.71. The number of carbonyl (C=O) groups excluding carboxylic acids is 1. The Bertz CT molecular complexity index is 913. The van der Waals surface area contributed by atoms with E-state index < -0.39 is 0 Å². The molecule has 0 radical (unpaired) electrons. The predicted octanol–water partition coefficient (Wildman–Crippen LogP) is 3.73. The molecular formula is C18H20Cl2N4O3S. The van der Waals surface area contributed by atoms with Crippen LogP contribution in [0.1, 0.15) is 17.0 Å². The molecule has 1 saturated heterocycles. The van der Waals surface area contributed by atoms with Gasteiger partial charge in [-0.3, -0.25) is 14.6 Å². The van der Waals surface area contributed by atoms with Crippen molar-refractivity contribution < 1.29 is 14.1 Å². The molecule has 0 spiro atoms. The topological polar surface area (TPSA) is 71.7 Å². The maximum absolute atomic E-state index is 12.9. The lowest BCUT2D eigenvalue weighted by Gasteiger charge is -2.27. The first-order chi connectivity index (χ1) is 13.2. The number of benzene rings is 1. The van der Waals surface area contributed by atoms with Gasteiger partial charge in [-0.25, -0.2) is 4.98 Å². The lowest BCUT2D eigenvalue weighted by atomic mass is 10.3. The summed E-state index contributed by atoms with van der Waals surface area (Å²) in [6.45, 7) is 4.80. The quantitative estimate of drug-likeness (QED) is 0.578. The van der Waals surface area contributed by atoms with Crippen LogP contribution < -0.4 is 4.90 Å². The fourth-order valence-electron chi connectivity index (χ4n) is 3.04. The number of nitrogens with zero attached hydrogens (tertiary/aromatic N) is 4. The van der Waals surface area contributed by atoms with E-state index in [2.05, 4.69) is 15.0 Å². The fourth-order valence-corrected chi connectivity index (χ4v) is 4.33. The number of fused-ring (bicyclic) bond motifs is 1. The van der Waals surface area contributed by atoms with Gasteiger partial charge >= 0.3 is 0 Å². The normalized spacial score (nSPS) is 14.8. The molecule has 0 aliphatic carbocycles. The summed E-state index contributed by atoms with van der Waals surface area (Å²) in [7, 11) is 0. The van der Waals surface area contributed by atoms with Crippen LogP contribution in [0.2, 0.25) is 5.02 Å². The van der Waals surface area contributed by atoms with Crippen molar-refractivity contribution >= 4 is 56.6 Å². The van der Waals surface area contributed by atoms with Crippen molar-refractivity contribution in [2.75, 3.05) is 44.3 Å². The molecule has 0 saturated carbocycles. The molecule has 2 aromatic heterocycles. The molecule has 1 fully saturated rings. The van der Waals surface area contributed by atoms with E-state index in [1.165, 1.54) is 17.5 Å². The third kappa shape index (κ3) is 4.64. The maximum Gasteiger partial charge on any atom is 0.298 e. The monoisotopic (exact) mass is 442 g/mol. The minimum atomic E-state index is -0.246. The molecule has 3 aromatic rings. The molecule has 1 aliphatic heterocycles. The zero-order valence-electron chi connectivity index (χ0n) is 15.0. The molecule has 3 heterocycles. The standard InChI is InChI=1S/C18H19ClN4O3S.ClH/c19-13-3-1-4-15-16(13)21-18(27-15)23(17(24)14-5-6-20-26-14)8-2-7-22-9-11-25-12-10-22;/h1,3-6H,2,7-12H2;1H. The number of hydrogen-bond acceptors (Lipinski definition) is 7. The Morgan fingerprint density at radius 3 is 2.82 bits per heavy atom. The van der Waals surface area contributed by atoms with Crippen LogP contribution in [0.4, 0.5) is 5.13 Å². The van der Waals surface area contributed by atoms with Crippen molar-refractivity contribution in [1.82, 2.24) is 15.0 Å². The van der Waals surface area contributed by atoms with E-state index in [1.54, 1.807) is 17.0 Å². The molecule has 7 nitrogen and oxygen atoms in total. The van der Waals surface area contributed by atoms with Crippen molar-refractivity contribution in [1.29, 1.82) is 0 Å². The highest BCUT2D eigenvalue weighted by Gasteiger charge is 2.24. The molecule has 10 heteroatoms. The number of para-hydroxylation sites is 1. The lowest BCUT2D eigenvalue weighted by molar-refractivity contribution is 0.0376. The summed E-state index contributed by atoms with van der Waals surface area (Å²) in [6, 6.07) is 7.20. The summed E-state index contributed by atoms with van der Waals surface area (Å²) in [5.74, 6) is -0.0450. The van der Waals surface area contributed by atoms with Gasteiger partial charge in [0.25, 0.3) is 5.91 Å². The Balaban J connectivity index is 0.00000225. The van der Waals surface area contributed by atoms with E-state index in [-0.39, 0.29) is 24.1 Å². The molecule has 1 aromatic carbocycles. The number of anilines is 1. The maximum atomic E-state index is 12.9. The van der Waals surface area contributed by atoms with Gasteiger partial charge in [-0.2, -0.15) is 0 Å². The van der Waals surface area contributed by atoms with E-state index in [9.17, 15) is 4.79 Å². The first-order valence-corrected chi connectivity index (χ1v) is 9.99. The van der Waals surface area contributed by atoms with Crippen LogP contribution >= 0.6 is 35.3 Å². The van der Waals surface area contributed by atoms with Crippen molar-refractivity contribution in [3.05, 3.63) is 41.2 Å². The molecule has 150 valence electrons. The lowest BCUT2D eigenvalue weighted by Crippen LogP contribution is -2.39. The van der Waals surface area contributed by atoms with Crippen LogP contribution in [0.15, 0.2) is 35.0 Å². The fraction of sp³-hybridized carbons (Fsp3) is 0.389. The van der Waals surface area contributed by atoms with Crippen LogP contribution in [0.3, 0.4) is 0 Å². The molecule has 28 heavy (non-hydrogen) atoms. The second kappa shape index (κ2) is 9.67. The molecular weight excluding hydrogens is 423 g/mol. The molecule has 1 aliphatic rings. The van der Waals surface area contributed by atoms with Crippen molar-refractivity contribution in [2.45, 2.75) is 6.42 Å². The Kier molecular flexibility index (Phi) is 7.25. The highest BCUT2D eigenvalue weighted by molar-refractivity contribution is 7.22. The van der Waals surface area contributed by atoms with Crippen molar-refractivity contribution in [3.63, 3.8) is 0 Å². The van der Waals surface area contributed by atoms with Gasteiger partial charge in [0.05, 0.1) is 29.1 Å². The summed E-state index contributed by atoms with van der Waals surface area (Å²) < 4.78 is 11.4. The number of ether oxygens (including phenoxy) is 1. The first-order valence-electron chi connectivity index (χ1n) is 8.80. The van der Waals surface area contributed by atoms with Crippen LogP contribution in [-0.2, 0) is 4.74 Å². The molecule has 0 bridgehead atoms. The summed E-state index contributed by atoms with van der Waals surface area (Å²) in [6.07, 6.45) is 2.29. The second-order valence-electron chi connectivity index (χ2n) is 6.22. The molecule has 0 atom stereocenters. The molecule has 0 N–H and O–H groups in total. The average molecular weight is 443 g/mol.